The molecule has 0 bridgehead atoms. The summed E-state index contributed by atoms with van der Waals surface area (Å²) in [7, 11) is 0. The maximum Gasteiger partial charge on any atom is 0.247 e. The van der Waals surface area contributed by atoms with Gasteiger partial charge in [0.25, 0.3) is 0 Å². The summed E-state index contributed by atoms with van der Waals surface area (Å²) in [6.07, 6.45) is 1.09. The highest BCUT2D eigenvalue weighted by Crippen LogP contribution is 2.27. The molecule has 1 aliphatic rings. The van der Waals surface area contributed by atoms with Crippen molar-refractivity contribution in [2.75, 3.05) is 6.54 Å². The van der Waals surface area contributed by atoms with Gasteiger partial charge < -0.3 is 14.5 Å². The number of nitrogens with one attached hydrogen (secondary N) is 1. The molecular formula is C18H17N3O2. The van der Waals surface area contributed by atoms with Crippen molar-refractivity contribution in [3.63, 3.8) is 0 Å². The lowest BCUT2D eigenvalue weighted by Gasteiger charge is -2.10. The third-order valence-corrected chi connectivity index (χ3v) is 3.85. The van der Waals surface area contributed by atoms with Crippen LogP contribution in [0.2, 0.25) is 0 Å². The lowest BCUT2D eigenvalue weighted by Crippen LogP contribution is -2.29. The average Bonchev–Trinajstić information content (AvgIpc) is 3.22. The van der Waals surface area contributed by atoms with Crippen LogP contribution in [0.5, 0.6) is 5.75 Å². The second-order valence-corrected chi connectivity index (χ2v) is 5.55. The Labute approximate surface area is 134 Å². The van der Waals surface area contributed by atoms with Gasteiger partial charge in [-0.15, -0.1) is 10.2 Å². The molecule has 0 aliphatic carbocycles. The van der Waals surface area contributed by atoms with Crippen molar-refractivity contribution >= 4 is 0 Å². The number of nitrogens with zero attached hydrogens (tertiary/aromatic N) is 2. The maximum absolute atomic E-state index is 5.89. The molecule has 0 saturated carbocycles. The summed E-state index contributed by atoms with van der Waals surface area (Å²) < 4.78 is 11.6. The van der Waals surface area contributed by atoms with E-state index in [1.54, 1.807) is 0 Å². The molecule has 0 fully saturated rings. The van der Waals surface area contributed by atoms with Crippen LogP contribution in [-0.2, 0) is 13.0 Å². The highest BCUT2D eigenvalue weighted by Gasteiger charge is 2.21. The number of para-hydroxylation sites is 1. The molecule has 0 unspecified atom stereocenters. The Morgan fingerprint density at radius 3 is 2.70 bits per heavy atom. The summed E-state index contributed by atoms with van der Waals surface area (Å²) >= 11 is 0. The summed E-state index contributed by atoms with van der Waals surface area (Å²) in [5, 5.41) is 11.5. The molecule has 1 aromatic heterocycles. The van der Waals surface area contributed by atoms with Crippen molar-refractivity contribution < 1.29 is 9.15 Å². The zero-order valence-corrected chi connectivity index (χ0v) is 12.6. The van der Waals surface area contributed by atoms with Crippen LogP contribution in [0.4, 0.5) is 0 Å². The predicted molar refractivity (Wildman–Crippen MR) is 86.0 cm³/mol. The Morgan fingerprint density at radius 2 is 1.83 bits per heavy atom. The lowest BCUT2D eigenvalue weighted by atomic mass is 10.1. The summed E-state index contributed by atoms with van der Waals surface area (Å²) in [6, 6.07) is 17.9. The molecule has 1 aliphatic heterocycles. The van der Waals surface area contributed by atoms with E-state index in [9.17, 15) is 0 Å². The molecule has 2 aromatic carbocycles. The SMILES string of the molecule is c1ccc(-c2nnc(CNC[C@@H]3Cc4ccccc4O3)o2)cc1. The monoisotopic (exact) mass is 307 g/mol. The van der Waals surface area contributed by atoms with Gasteiger partial charge >= 0.3 is 0 Å². The molecule has 23 heavy (non-hydrogen) atoms. The Morgan fingerprint density at radius 1 is 1.00 bits per heavy atom. The molecule has 2 heterocycles. The van der Waals surface area contributed by atoms with Gasteiger partial charge in [-0.1, -0.05) is 36.4 Å². The lowest BCUT2D eigenvalue weighted by molar-refractivity contribution is 0.225. The molecule has 1 atom stereocenters. The van der Waals surface area contributed by atoms with Crippen LogP contribution < -0.4 is 10.1 Å². The highest BCUT2D eigenvalue weighted by molar-refractivity contribution is 5.51. The zero-order chi connectivity index (χ0) is 15.5. The van der Waals surface area contributed by atoms with Crippen LogP contribution in [0.15, 0.2) is 59.0 Å². The second kappa shape index (κ2) is 6.22. The summed E-state index contributed by atoms with van der Waals surface area (Å²) in [6.45, 7) is 1.29. The molecule has 5 nitrogen and oxygen atoms in total. The van der Waals surface area contributed by atoms with Crippen molar-refractivity contribution in [2.45, 2.75) is 19.1 Å². The minimum Gasteiger partial charge on any atom is -0.488 e. The Hall–Kier alpha value is -2.66. The van der Waals surface area contributed by atoms with E-state index in [2.05, 4.69) is 21.6 Å². The van der Waals surface area contributed by atoms with E-state index in [1.807, 2.05) is 48.5 Å². The van der Waals surface area contributed by atoms with Crippen LogP contribution in [0.1, 0.15) is 11.5 Å². The van der Waals surface area contributed by atoms with Crippen molar-refractivity contribution in [2.24, 2.45) is 0 Å². The molecule has 0 radical (unpaired) electrons. The predicted octanol–water partition coefficient (Wildman–Crippen LogP) is 2.83. The fourth-order valence-corrected chi connectivity index (χ4v) is 2.73. The standard InChI is InChI=1S/C18H17N3O2/c1-2-6-13(7-3-1)18-21-20-17(23-18)12-19-11-15-10-14-8-4-5-9-16(14)22-15/h1-9,15,19H,10-12H2/t15-/m0/s1. The molecule has 1 N–H and O–H groups in total. The average molecular weight is 307 g/mol. The molecule has 0 spiro atoms. The van der Waals surface area contributed by atoms with Crippen molar-refractivity contribution in [1.82, 2.24) is 15.5 Å². The number of hydrogen-bond acceptors (Lipinski definition) is 5. The quantitative estimate of drug-likeness (QED) is 0.785. The van der Waals surface area contributed by atoms with Gasteiger partial charge in [0.15, 0.2) is 0 Å². The van der Waals surface area contributed by atoms with E-state index in [1.165, 1.54) is 5.56 Å². The van der Waals surface area contributed by atoms with Gasteiger partial charge in [-0.05, 0) is 23.8 Å². The van der Waals surface area contributed by atoms with E-state index < -0.39 is 0 Å². The summed E-state index contributed by atoms with van der Waals surface area (Å²) in [5.41, 5.74) is 2.20. The molecule has 116 valence electrons. The van der Waals surface area contributed by atoms with Gasteiger partial charge in [0, 0.05) is 18.5 Å². The first-order valence-corrected chi connectivity index (χ1v) is 7.71. The third kappa shape index (κ3) is 3.10. The van der Waals surface area contributed by atoms with Crippen LogP contribution in [0.25, 0.3) is 11.5 Å². The highest BCUT2D eigenvalue weighted by atomic mass is 16.5. The largest absolute Gasteiger partial charge is 0.488 e. The summed E-state index contributed by atoms with van der Waals surface area (Å²) in [4.78, 5) is 0. The minimum absolute atomic E-state index is 0.156. The van der Waals surface area contributed by atoms with Crippen LogP contribution in [0.3, 0.4) is 0 Å². The van der Waals surface area contributed by atoms with Gasteiger partial charge in [0.1, 0.15) is 11.9 Å². The smallest absolute Gasteiger partial charge is 0.247 e. The van der Waals surface area contributed by atoms with Gasteiger partial charge in [-0.25, -0.2) is 0 Å². The van der Waals surface area contributed by atoms with Gasteiger partial charge in [-0.3, -0.25) is 0 Å². The van der Waals surface area contributed by atoms with Crippen molar-refractivity contribution in [3.05, 3.63) is 66.1 Å². The first kappa shape index (κ1) is 14.0. The van der Waals surface area contributed by atoms with Gasteiger partial charge in [-0.2, -0.15) is 0 Å². The van der Waals surface area contributed by atoms with E-state index in [4.69, 9.17) is 9.15 Å². The van der Waals surface area contributed by atoms with E-state index in [-0.39, 0.29) is 6.10 Å². The fraction of sp³-hybridized carbons (Fsp3) is 0.222. The van der Waals surface area contributed by atoms with Crippen molar-refractivity contribution in [3.8, 4) is 17.2 Å². The van der Waals surface area contributed by atoms with Crippen LogP contribution >= 0.6 is 0 Å². The number of rotatable bonds is 5. The molecule has 5 heteroatoms. The Bertz CT molecular complexity index is 761. The van der Waals surface area contributed by atoms with Crippen molar-refractivity contribution in [1.29, 1.82) is 0 Å². The van der Waals surface area contributed by atoms with E-state index >= 15 is 0 Å². The number of ether oxygens (including phenoxy) is 1. The number of aromatic nitrogens is 2. The third-order valence-electron chi connectivity index (χ3n) is 3.85. The number of fused-ring (bicyclic) bond motifs is 1. The van der Waals surface area contributed by atoms with E-state index in [0.29, 0.717) is 18.3 Å². The second-order valence-electron chi connectivity index (χ2n) is 5.55. The first-order valence-electron chi connectivity index (χ1n) is 7.71. The normalized spacial score (nSPS) is 16.1. The Balaban J connectivity index is 1.30. The first-order chi connectivity index (χ1) is 11.4. The van der Waals surface area contributed by atoms with Gasteiger partial charge in [0.05, 0.1) is 6.54 Å². The molecule has 0 saturated heterocycles. The van der Waals surface area contributed by atoms with E-state index in [0.717, 1.165) is 24.3 Å². The molecule has 4 rings (SSSR count). The number of hydrogen-bond donors (Lipinski definition) is 1. The maximum atomic E-state index is 5.89. The minimum atomic E-state index is 0.156. The number of benzene rings is 2. The molecular weight excluding hydrogens is 290 g/mol. The van der Waals surface area contributed by atoms with Gasteiger partial charge in [0.2, 0.25) is 11.8 Å². The Kier molecular flexibility index (Phi) is 3.78. The molecule has 0 amide bonds. The fourth-order valence-electron chi connectivity index (χ4n) is 2.73. The zero-order valence-electron chi connectivity index (χ0n) is 12.6. The molecule has 3 aromatic rings. The topological polar surface area (TPSA) is 60.2 Å². The van der Waals surface area contributed by atoms with Crippen LogP contribution in [-0.4, -0.2) is 22.8 Å². The summed E-state index contributed by atoms with van der Waals surface area (Å²) in [5.74, 6) is 2.12. The van der Waals surface area contributed by atoms with Crippen LogP contribution in [0, 0.1) is 0 Å².